The summed E-state index contributed by atoms with van der Waals surface area (Å²) in [6.45, 7) is 0. The fraction of sp³-hybridized carbons (Fsp3) is 0.200. The van der Waals surface area contributed by atoms with Crippen LogP contribution in [0.5, 0.6) is 0 Å². The Morgan fingerprint density at radius 2 is 1.90 bits per heavy atom. The summed E-state index contributed by atoms with van der Waals surface area (Å²) in [6.07, 6.45) is 0.868. The molecule has 0 aliphatic rings. The van der Waals surface area contributed by atoms with Crippen molar-refractivity contribution in [1.82, 2.24) is 0 Å². The van der Waals surface area contributed by atoms with Crippen LogP contribution in [0.1, 0.15) is 22.9 Å². The summed E-state index contributed by atoms with van der Waals surface area (Å²) in [4.78, 5) is 10.4. The minimum absolute atomic E-state index is 0.0664. The molecule has 2 rings (SSSR count). The van der Waals surface area contributed by atoms with E-state index in [0.29, 0.717) is 18.4 Å². The van der Waals surface area contributed by atoms with E-state index in [-0.39, 0.29) is 11.1 Å². The maximum Gasteiger partial charge on any atom is 0.272 e. The molecule has 0 fully saturated rings. The van der Waals surface area contributed by atoms with Crippen molar-refractivity contribution in [2.75, 3.05) is 0 Å². The first kappa shape index (κ1) is 14.5. The van der Waals surface area contributed by atoms with E-state index in [1.54, 1.807) is 0 Å². The zero-order chi connectivity index (χ0) is 14.5. The van der Waals surface area contributed by atoms with E-state index in [2.05, 4.69) is 0 Å². The number of rotatable bonds is 5. The van der Waals surface area contributed by atoms with E-state index in [1.807, 2.05) is 30.3 Å². The fourth-order valence-electron chi connectivity index (χ4n) is 2.04. The van der Waals surface area contributed by atoms with Crippen LogP contribution in [0.2, 0.25) is 0 Å². The summed E-state index contributed by atoms with van der Waals surface area (Å²) < 4.78 is 13.2. The zero-order valence-electron chi connectivity index (χ0n) is 10.6. The van der Waals surface area contributed by atoms with Gasteiger partial charge in [-0.1, -0.05) is 30.3 Å². The van der Waals surface area contributed by atoms with Gasteiger partial charge < -0.3 is 0 Å². The Kier molecular flexibility index (Phi) is 4.69. The summed E-state index contributed by atoms with van der Waals surface area (Å²) in [5.74, 6) is -0.476. The second-order valence-corrected chi connectivity index (χ2v) is 4.97. The largest absolute Gasteiger partial charge is 0.272 e. The molecular formula is C15H13ClFNO2. The Hall–Kier alpha value is -1.94. The van der Waals surface area contributed by atoms with Crippen LogP contribution >= 0.6 is 11.6 Å². The van der Waals surface area contributed by atoms with Gasteiger partial charge in [-0.05, 0) is 30.5 Å². The summed E-state index contributed by atoms with van der Waals surface area (Å²) >= 11 is 6.26. The van der Waals surface area contributed by atoms with Gasteiger partial charge in [0.25, 0.3) is 5.69 Å². The van der Waals surface area contributed by atoms with Gasteiger partial charge in [0, 0.05) is 11.6 Å². The van der Waals surface area contributed by atoms with Crippen molar-refractivity contribution in [3.05, 3.63) is 75.6 Å². The van der Waals surface area contributed by atoms with Gasteiger partial charge in [0.05, 0.1) is 10.3 Å². The predicted octanol–water partition coefficient (Wildman–Crippen LogP) is 4.65. The van der Waals surface area contributed by atoms with Crippen LogP contribution in [-0.4, -0.2) is 4.92 Å². The third kappa shape index (κ3) is 3.54. The number of hydrogen-bond donors (Lipinski definition) is 0. The first-order valence-electron chi connectivity index (χ1n) is 6.20. The molecule has 0 radical (unpaired) electrons. The Morgan fingerprint density at radius 3 is 2.55 bits per heavy atom. The number of benzene rings is 2. The van der Waals surface area contributed by atoms with Crippen molar-refractivity contribution in [3.8, 4) is 0 Å². The average Bonchev–Trinajstić information content (AvgIpc) is 2.45. The summed E-state index contributed by atoms with van der Waals surface area (Å²) in [5, 5.41) is 10.6. The number of alkyl halides is 1. The van der Waals surface area contributed by atoms with Crippen molar-refractivity contribution >= 4 is 17.3 Å². The standard InChI is InChI=1S/C15H13ClFNO2/c16-14(11-4-2-1-3-5-11)8-6-12-10-13(17)7-9-15(12)18(19)20/h1-5,7,9-10,14H,6,8H2. The van der Waals surface area contributed by atoms with Crippen LogP contribution in [-0.2, 0) is 6.42 Å². The summed E-state index contributed by atoms with van der Waals surface area (Å²) in [6, 6.07) is 12.9. The molecule has 20 heavy (non-hydrogen) atoms. The van der Waals surface area contributed by atoms with Crippen molar-refractivity contribution in [1.29, 1.82) is 0 Å². The number of halogens is 2. The van der Waals surface area contributed by atoms with Crippen LogP contribution in [0.25, 0.3) is 0 Å². The maximum atomic E-state index is 13.2. The molecule has 1 unspecified atom stereocenters. The summed E-state index contributed by atoms with van der Waals surface area (Å²) in [5.41, 5.74) is 1.26. The minimum Gasteiger partial charge on any atom is -0.258 e. The van der Waals surface area contributed by atoms with Crippen LogP contribution < -0.4 is 0 Å². The second kappa shape index (κ2) is 6.48. The van der Waals surface area contributed by atoms with Gasteiger partial charge in [-0.15, -0.1) is 11.6 Å². The normalized spacial score (nSPS) is 12.1. The molecule has 0 amide bonds. The lowest BCUT2D eigenvalue weighted by molar-refractivity contribution is -0.385. The Balaban J connectivity index is 2.11. The van der Waals surface area contributed by atoms with E-state index in [0.717, 1.165) is 11.6 Å². The average molecular weight is 294 g/mol. The first-order chi connectivity index (χ1) is 9.58. The molecule has 2 aromatic carbocycles. The first-order valence-corrected chi connectivity index (χ1v) is 6.63. The van der Waals surface area contributed by atoms with Gasteiger partial charge in [-0.25, -0.2) is 4.39 Å². The molecule has 0 aliphatic heterocycles. The van der Waals surface area contributed by atoms with Gasteiger partial charge in [-0.3, -0.25) is 10.1 Å². The topological polar surface area (TPSA) is 43.1 Å². The highest BCUT2D eigenvalue weighted by molar-refractivity contribution is 6.20. The van der Waals surface area contributed by atoms with Crippen LogP contribution in [0.3, 0.4) is 0 Å². The molecule has 0 bridgehead atoms. The van der Waals surface area contributed by atoms with E-state index in [4.69, 9.17) is 11.6 Å². The van der Waals surface area contributed by atoms with Crippen LogP contribution in [0.15, 0.2) is 48.5 Å². The molecule has 1 atom stereocenters. The third-order valence-electron chi connectivity index (χ3n) is 3.07. The smallest absolute Gasteiger partial charge is 0.258 e. The number of nitro benzene ring substituents is 1. The van der Waals surface area contributed by atoms with E-state index in [1.165, 1.54) is 12.1 Å². The molecule has 0 heterocycles. The molecule has 104 valence electrons. The van der Waals surface area contributed by atoms with Gasteiger partial charge >= 0.3 is 0 Å². The van der Waals surface area contributed by atoms with E-state index < -0.39 is 10.7 Å². The molecular weight excluding hydrogens is 281 g/mol. The number of nitro groups is 1. The monoisotopic (exact) mass is 293 g/mol. The number of hydrogen-bond acceptors (Lipinski definition) is 2. The molecule has 2 aromatic rings. The van der Waals surface area contributed by atoms with Gasteiger partial charge in [0.1, 0.15) is 5.82 Å². The lowest BCUT2D eigenvalue weighted by Crippen LogP contribution is -1.99. The second-order valence-electron chi connectivity index (χ2n) is 4.45. The van der Waals surface area contributed by atoms with E-state index in [9.17, 15) is 14.5 Å². The molecule has 0 saturated carbocycles. The zero-order valence-corrected chi connectivity index (χ0v) is 11.4. The third-order valence-corrected chi connectivity index (χ3v) is 3.54. The quantitative estimate of drug-likeness (QED) is 0.457. The molecule has 0 aromatic heterocycles. The van der Waals surface area contributed by atoms with Crippen molar-refractivity contribution in [2.24, 2.45) is 0 Å². The molecule has 3 nitrogen and oxygen atoms in total. The Labute approximate surface area is 121 Å². The van der Waals surface area contributed by atoms with Gasteiger partial charge in [0.15, 0.2) is 0 Å². The van der Waals surface area contributed by atoms with Gasteiger partial charge in [0.2, 0.25) is 0 Å². The molecule has 0 saturated heterocycles. The predicted molar refractivity (Wildman–Crippen MR) is 76.4 cm³/mol. The molecule has 0 aliphatic carbocycles. The van der Waals surface area contributed by atoms with E-state index >= 15 is 0 Å². The Morgan fingerprint density at radius 1 is 1.20 bits per heavy atom. The lowest BCUT2D eigenvalue weighted by atomic mass is 10.0. The van der Waals surface area contributed by atoms with Crippen molar-refractivity contribution in [2.45, 2.75) is 18.2 Å². The lowest BCUT2D eigenvalue weighted by Gasteiger charge is -2.10. The highest BCUT2D eigenvalue weighted by Crippen LogP contribution is 2.28. The molecule has 0 spiro atoms. The molecule has 0 N–H and O–H groups in total. The Bertz CT molecular complexity index is 604. The fourth-order valence-corrected chi connectivity index (χ4v) is 2.30. The van der Waals surface area contributed by atoms with Gasteiger partial charge in [-0.2, -0.15) is 0 Å². The minimum atomic E-state index is -0.499. The maximum absolute atomic E-state index is 13.2. The number of aryl methyl sites for hydroxylation is 1. The molecule has 5 heteroatoms. The SMILES string of the molecule is O=[N+]([O-])c1ccc(F)cc1CCC(Cl)c1ccccc1. The van der Waals surface area contributed by atoms with Crippen LogP contribution in [0.4, 0.5) is 10.1 Å². The van der Waals surface area contributed by atoms with Crippen molar-refractivity contribution in [3.63, 3.8) is 0 Å². The number of nitrogens with zero attached hydrogens (tertiary/aromatic N) is 1. The highest BCUT2D eigenvalue weighted by Gasteiger charge is 2.16. The van der Waals surface area contributed by atoms with Crippen molar-refractivity contribution < 1.29 is 9.31 Å². The van der Waals surface area contributed by atoms with Crippen LogP contribution in [0, 0.1) is 15.9 Å². The summed E-state index contributed by atoms with van der Waals surface area (Å²) in [7, 11) is 0. The highest BCUT2D eigenvalue weighted by atomic mass is 35.5.